The quantitative estimate of drug-likeness (QED) is 0.772. The topological polar surface area (TPSA) is 21.3 Å². The van der Waals surface area contributed by atoms with E-state index in [0.717, 1.165) is 24.1 Å². The van der Waals surface area contributed by atoms with Crippen molar-refractivity contribution < 1.29 is 9.13 Å². The van der Waals surface area contributed by atoms with Gasteiger partial charge in [0.2, 0.25) is 0 Å². The van der Waals surface area contributed by atoms with Crippen molar-refractivity contribution in [3.8, 4) is 5.75 Å². The summed E-state index contributed by atoms with van der Waals surface area (Å²) in [5, 5.41) is 3.26. The van der Waals surface area contributed by atoms with Crippen LogP contribution in [0.4, 0.5) is 4.39 Å². The van der Waals surface area contributed by atoms with E-state index in [-0.39, 0.29) is 5.82 Å². The standard InChI is InChI=1S/C17H20FNO/c1-2-8-19-12-15-9-16(18)11-17(10-15)20-13-14-6-4-3-5-7-14/h3-7,9-11,19H,2,8,12-13H2,1H3. The van der Waals surface area contributed by atoms with Crippen LogP contribution in [0.3, 0.4) is 0 Å². The molecular formula is C17H20FNO. The third kappa shape index (κ3) is 4.67. The van der Waals surface area contributed by atoms with Gasteiger partial charge in [-0.3, -0.25) is 0 Å². The Balaban J connectivity index is 1.97. The largest absolute Gasteiger partial charge is 0.489 e. The number of nitrogens with one attached hydrogen (secondary N) is 1. The second-order valence-corrected chi connectivity index (χ2v) is 4.75. The molecule has 106 valence electrons. The van der Waals surface area contributed by atoms with E-state index in [2.05, 4.69) is 12.2 Å². The highest BCUT2D eigenvalue weighted by Gasteiger charge is 2.02. The van der Waals surface area contributed by atoms with Crippen molar-refractivity contribution in [3.63, 3.8) is 0 Å². The molecule has 0 aliphatic rings. The normalized spacial score (nSPS) is 10.5. The summed E-state index contributed by atoms with van der Waals surface area (Å²) in [6, 6.07) is 14.7. The van der Waals surface area contributed by atoms with Crippen molar-refractivity contribution in [1.82, 2.24) is 5.32 Å². The zero-order valence-electron chi connectivity index (χ0n) is 11.7. The Morgan fingerprint density at radius 3 is 2.60 bits per heavy atom. The van der Waals surface area contributed by atoms with Crippen molar-refractivity contribution in [2.75, 3.05) is 6.54 Å². The minimum absolute atomic E-state index is 0.260. The smallest absolute Gasteiger partial charge is 0.127 e. The van der Waals surface area contributed by atoms with Crippen molar-refractivity contribution in [3.05, 3.63) is 65.5 Å². The molecule has 20 heavy (non-hydrogen) atoms. The van der Waals surface area contributed by atoms with Crippen molar-refractivity contribution in [2.45, 2.75) is 26.5 Å². The summed E-state index contributed by atoms with van der Waals surface area (Å²) in [7, 11) is 0. The fourth-order valence-corrected chi connectivity index (χ4v) is 1.96. The van der Waals surface area contributed by atoms with E-state index in [9.17, 15) is 4.39 Å². The maximum atomic E-state index is 13.6. The zero-order chi connectivity index (χ0) is 14.2. The molecule has 2 aromatic rings. The lowest BCUT2D eigenvalue weighted by Gasteiger charge is -2.09. The van der Waals surface area contributed by atoms with E-state index < -0.39 is 0 Å². The average Bonchev–Trinajstić information content (AvgIpc) is 2.46. The summed E-state index contributed by atoms with van der Waals surface area (Å²) >= 11 is 0. The molecule has 0 aliphatic carbocycles. The van der Waals surface area contributed by atoms with E-state index in [1.165, 1.54) is 12.1 Å². The van der Waals surface area contributed by atoms with E-state index >= 15 is 0 Å². The van der Waals surface area contributed by atoms with Crippen LogP contribution >= 0.6 is 0 Å². The van der Waals surface area contributed by atoms with Crippen molar-refractivity contribution in [1.29, 1.82) is 0 Å². The van der Waals surface area contributed by atoms with Gasteiger partial charge < -0.3 is 10.1 Å². The highest BCUT2D eigenvalue weighted by molar-refractivity contribution is 5.30. The molecule has 0 unspecified atom stereocenters. The number of hydrogen-bond donors (Lipinski definition) is 1. The maximum absolute atomic E-state index is 13.6. The van der Waals surface area contributed by atoms with Gasteiger partial charge in [0.05, 0.1) is 0 Å². The van der Waals surface area contributed by atoms with Crippen LogP contribution in [0, 0.1) is 5.82 Å². The lowest BCUT2D eigenvalue weighted by Crippen LogP contribution is -2.14. The van der Waals surface area contributed by atoms with Crippen LogP contribution in [0.5, 0.6) is 5.75 Å². The fourth-order valence-electron chi connectivity index (χ4n) is 1.96. The van der Waals surface area contributed by atoms with Crippen LogP contribution < -0.4 is 10.1 Å². The van der Waals surface area contributed by atoms with Gasteiger partial charge >= 0.3 is 0 Å². The molecule has 0 saturated carbocycles. The second-order valence-electron chi connectivity index (χ2n) is 4.75. The van der Waals surface area contributed by atoms with Crippen LogP contribution in [0.2, 0.25) is 0 Å². The number of benzene rings is 2. The average molecular weight is 273 g/mol. The first-order chi connectivity index (χ1) is 9.78. The molecule has 2 aromatic carbocycles. The Labute approximate surface area is 119 Å². The van der Waals surface area contributed by atoms with Crippen LogP contribution in [0.15, 0.2) is 48.5 Å². The number of hydrogen-bond acceptors (Lipinski definition) is 2. The van der Waals surface area contributed by atoms with Gasteiger partial charge in [-0.15, -0.1) is 0 Å². The van der Waals surface area contributed by atoms with Gasteiger partial charge in [0.15, 0.2) is 0 Å². The summed E-state index contributed by atoms with van der Waals surface area (Å²) in [6.45, 7) is 4.14. The summed E-state index contributed by atoms with van der Waals surface area (Å²) < 4.78 is 19.2. The van der Waals surface area contributed by atoms with Gasteiger partial charge in [0.1, 0.15) is 18.2 Å². The van der Waals surface area contributed by atoms with Crippen LogP contribution in [0.1, 0.15) is 24.5 Å². The maximum Gasteiger partial charge on any atom is 0.127 e. The number of ether oxygens (including phenoxy) is 1. The molecule has 2 rings (SSSR count). The lowest BCUT2D eigenvalue weighted by molar-refractivity contribution is 0.304. The minimum Gasteiger partial charge on any atom is -0.489 e. The third-order valence-electron chi connectivity index (χ3n) is 2.94. The van der Waals surface area contributed by atoms with Crippen LogP contribution in [-0.4, -0.2) is 6.54 Å². The molecule has 0 radical (unpaired) electrons. The summed E-state index contributed by atoms with van der Waals surface area (Å²) in [6.07, 6.45) is 1.06. The molecule has 0 aromatic heterocycles. The molecule has 0 fully saturated rings. The van der Waals surface area contributed by atoms with E-state index in [0.29, 0.717) is 18.9 Å². The molecule has 0 spiro atoms. The van der Waals surface area contributed by atoms with Crippen molar-refractivity contribution >= 4 is 0 Å². The molecule has 0 aliphatic heterocycles. The first-order valence-corrected chi connectivity index (χ1v) is 6.95. The highest BCUT2D eigenvalue weighted by Crippen LogP contribution is 2.18. The molecule has 1 N–H and O–H groups in total. The Morgan fingerprint density at radius 2 is 1.85 bits per heavy atom. The van der Waals surface area contributed by atoms with Gasteiger partial charge in [-0.05, 0) is 36.2 Å². The van der Waals surface area contributed by atoms with E-state index in [1.54, 1.807) is 0 Å². The first-order valence-electron chi connectivity index (χ1n) is 6.95. The Morgan fingerprint density at radius 1 is 1.05 bits per heavy atom. The second kappa shape index (κ2) is 7.65. The Bertz CT molecular complexity index is 528. The molecule has 0 bridgehead atoms. The molecule has 0 atom stereocenters. The third-order valence-corrected chi connectivity index (χ3v) is 2.94. The molecule has 2 nitrogen and oxygen atoms in total. The van der Waals surface area contributed by atoms with Gasteiger partial charge in [-0.25, -0.2) is 4.39 Å². The Kier molecular flexibility index (Phi) is 5.56. The van der Waals surface area contributed by atoms with Crippen LogP contribution in [0.25, 0.3) is 0 Å². The summed E-state index contributed by atoms with van der Waals surface area (Å²) in [5.41, 5.74) is 1.98. The zero-order valence-corrected chi connectivity index (χ0v) is 11.7. The minimum atomic E-state index is -0.260. The van der Waals surface area contributed by atoms with Gasteiger partial charge in [-0.2, -0.15) is 0 Å². The lowest BCUT2D eigenvalue weighted by atomic mass is 10.2. The number of rotatable bonds is 7. The number of halogens is 1. The molecule has 0 saturated heterocycles. The predicted molar refractivity (Wildman–Crippen MR) is 79.2 cm³/mol. The summed E-state index contributed by atoms with van der Waals surface area (Å²) in [5.74, 6) is 0.311. The van der Waals surface area contributed by atoms with Crippen LogP contribution in [-0.2, 0) is 13.2 Å². The van der Waals surface area contributed by atoms with Gasteiger partial charge in [-0.1, -0.05) is 37.3 Å². The molecule has 0 amide bonds. The SMILES string of the molecule is CCCNCc1cc(F)cc(OCc2ccccc2)c1. The van der Waals surface area contributed by atoms with Crippen molar-refractivity contribution in [2.24, 2.45) is 0 Å². The van der Waals surface area contributed by atoms with E-state index in [4.69, 9.17) is 4.74 Å². The van der Waals surface area contributed by atoms with Gasteiger partial charge in [0, 0.05) is 12.6 Å². The molecule has 3 heteroatoms. The predicted octanol–water partition coefficient (Wildman–Crippen LogP) is 3.90. The fraction of sp³-hybridized carbons (Fsp3) is 0.294. The van der Waals surface area contributed by atoms with Gasteiger partial charge in [0.25, 0.3) is 0 Å². The van der Waals surface area contributed by atoms with E-state index in [1.807, 2.05) is 36.4 Å². The highest BCUT2D eigenvalue weighted by atomic mass is 19.1. The molecular weight excluding hydrogens is 253 g/mol. The monoisotopic (exact) mass is 273 g/mol. The molecule has 0 heterocycles. The Hall–Kier alpha value is -1.87. The first kappa shape index (κ1) is 14.5. The summed E-state index contributed by atoms with van der Waals surface area (Å²) in [4.78, 5) is 0.